The molecule has 2 aromatic carbocycles. The third-order valence-electron chi connectivity index (χ3n) is 4.22. The Morgan fingerprint density at radius 2 is 2.04 bits per heavy atom. The summed E-state index contributed by atoms with van der Waals surface area (Å²) in [5.74, 6) is 0.477. The van der Waals surface area contributed by atoms with E-state index in [1.165, 1.54) is 4.31 Å². The van der Waals surface area contributed by atoms with Crippen molar-refractivity contribution >= 4 is 27.3 Å². The van der Waals surface area contributed by atoms with E-state index in [9.17, 15) is 13.2 Å². The van der Waals surface area contributed by atoms with Crippen molar-refractivity contribution in [1.82, 2.24) is 0 Å². The number of methoxy groups -OCH3 is 1. The molecule has 0 saturated heterocycles. The molecule has 1 N–H and O–H groups in total. The number of benzene rings is 2. The van der Waals surface area contributed by atoms with Gasteiger partial charge in [0.1, 0.15) is 5.75 Å². The zero-order valence-corrected chi connectivity index (χ0v) is 15.0. The number of amides is 1. The Hall–Kier alpha value is -2.54. The average Bonchev–Trinajstić information content (AvgIpc) is 3.05. The van der Waals surface area contributed by atoms with E-state index < -0.39 is 10.0 Å². The van der Waals surface area contributed by atoms with E-state index in [0.717, 1.165) is 5.56 Å². The lowest BCUT2D eigenvalue weighted by molar-refractivity contribution is 0.102. The molecule has 0 bridgehead atoms. The molecule has 0 aromatic heterocycles. The van der Waals surface area contributed by atoms with Crippen molar-refractivity contribution in [3.63, 3.8) is 0 Å². The Labute approximate surface area is 147 Å². The van der Waals surface area contributed by atoms with Crippen LogP contribution >= 0.6 is 0 Å². The average molecular weight is 360 g/mol. The Kier molecular flexibility index (Phi) is 4.67. The predicted molar refractivity (Wildman–Crippen MR) is 97.9 cm³/mol. The molecule has 1 heterocycles. The van der Waals surface area contributed by atoms with Gasteiger partial charge in [0.15, 0.2) is 0 Å². The minimum Gasteiger partial charge on any atom is -0.497 e. The number of hydrogen-bond acceptors (Lipinski definition) is 4. The van der Waals surface area contributed by atoms with Gasteiger partial charge in [0.05, 0.1) is 18.6 Å². The van der Waals surface area contributed by atoms with Crippen molar-refractivity contribution in [3.8, 4) is 5.75 Å². The second-order valence-corrected chi connectivity index (χ2v) is 7.93. The summed E-state index contributed by atoms with van der Waals surface area (Å²) < 4.78 is 30.8. The number of sulfonamides is 1. The van der Waals surface area contributed by atoms with Crippen LogP contribution in [0.3, 0.4) is 0 Å². The highest BCUT2D eigenvalue weighted by Gasteiger charge is 2.28. The molecule has 0 radical (unpaired) electrons. The maximum atomic E-state index is 12.5. The first-order valence-electron chi connectivity index (χ1n) is 8.03. The molecule has 1 aliphatic heterocycles. The molecule has 1 aliphatic rings. The fraction of sp³-hybridized carbons (Fsp3) is 0.278. The SMILES string of the molecule is CCS(=O)(=O)N1CCc2cc(C(=O)Nc3cccc(OC)c3)ccc21. The number of carbonyl (C=O) groups is 1. The van der Waals surface area contributed by atoms with Gasteiger partial charge in [-0.2, -0.15) is 0 Å². The smallest absolute Gasteiger partial charge is 0.255 e. The van der Waals surface area contributed by atoms with Gasteiger partial charge in [0.2, 0.25) is 10.0 Å². The zero-order valence-electron chi connectivity index (χ0n) is 14.2. The second-order valence-electron chi connectivity index (χ2n) is 5.75. The molecule has 0 spiro atoms. The Morgan fingerprint density at radius 1 is 1.24 bits per heavy atom. The fourth-order valence-corrected chi connectivity index (χ4v) is 4.02. The summed E-state index contributed by atoms with van der Waals surface area (Å²) in [6, 6.07) is 12.2. The predicted octanol–water partition coefficient (Wildman–Crippen LogP) is 2.66. The molecule has 7 heteroatoms. The minimum absolute atomic E-state index is 0.0600. The lowest BCUT2D eigenvalue weighted by atomic mass is 10.1. The van der Waals surface area contributed by atoms with Crippen LogP contribution in [0.2, 0.25) is 0 Å². The molecular weight excluding hydrogens is 340 g/mol. The van der Waals surface area contributed by atoms with Crippen molar-refractivity contribution in [3.05, 3.63) is 53.6 Å². The first kappa shape index (κ1) is 17.3. The minimum atomic E-state index is -3.28. The summed E-state index contributed by atoms with van der Waals surface area (Å²) in [5.41, 5.74) is 2.67. The van der Waals surface area contributed by atoms with Crippen LogP contribution in [-0.2, 0) is 16.4 Å². The number of nitrogens with one attached hydrogen (secondary N) is 1. The number of hydrogen-bond donors (Lipinski definition) is 1. The van der Waals surface area contributed by atoms with Crippen LogP contribution in [-0.4, -0.2) is 33.7 Å². The summed E-state index contributed by atoms with van der Waals surface area (Å²) in [7, 11) is -1.71. The highest BCUT2D eigenvalue weighted by molar-refractivity contribution is 7.92. The van der Waals surface area contributed by atoms with Crippen molar-refractivity contribution in [2.24, 2.45) is 0 Å². The van der Waals surface area contributed by atoms with Crippen LogP contribution in [0.5, 0.6) is 5.75 Å². The normalized spacial score (nSPS) is 13.4. The van der Waals surface area contributed by atoms with Crippen LogP contribution in [0.4, 0.5) is 11.4 Å². The summed E-state index contributed by atoms with van der Waals surface area (Å²) in [4.78, 5) is 12.5. The monoisotopic (exact) mass is 360 g/mol. The van der Waals surface area contributed by atoms with Gasteiger partial charge in [-0.3, -0.25) is 9.10 Å². The molecule has 6 nitrogen and oxygen atoms in total. The maximum absolute atomic E-state index is 12.5. The number of carbonyl (C=O) groups excluding carboxylic acids is 1. The van der Waals surface area contributed by atoms with Crippen LogP contribution in [0.25, 0.3) is 0 Å². The van der Waals surface area contributed by atoms with Gasteiger partial charge in [-0.1, -0.05) is 6.07 Å². The van der Waals surface area contributed by atoms with Crippen LogP contribution in [0, 0.1) is 0 Å². The van der Waals surface area contributed by atoms with Gasteiger partial charge < -0.3 is 10.1 Å². The van der Waals surface area contributed by atoms with Gasteiger partial charge in [0.25, 0.3) is 5.91 Å². The van der Waals surface area contributed by atoms with Gasteiger partial charge in [0, 0.05) is 23.9 Å². The Bertz CT molecular complexity index is 909. The van der Waals surface area contributed by atoms with Crippen molar-refractivity contribution in [2.75, 3.05) is 29.0 Å². The van der Waals surface area contributed by atoms with E-state index in [2.05, 4.69) is 5.32 Å². The highest BCUT2D eigenvalue weighted by Crippen LogP contribution is 2.31. The lowest BCUT2D eigenvalue weighted by Crippen LogP contribution is -2.30. The maximum Gasteiger partial charge on any atom is 0.255 e. The fourth-order valence-electron chi connectivity index (χ4n) is 2.86. The van der Waals surface area contributed by atoms with E-state index in [-0.39, 0.29) is 11.7 Å². The molecular formula is C18H20N2O4S. The topological polar surface area (TPSA) is 75.7 Å². The van der Waals surface area contributed by atoms with E-state index in [0.29, 0.717) is 35.7 Å². The molecule has 0 aliphatic carbocycles. The molecule has 3 rings (SSSR count). The van der Waals surface area contributed by atoms with E-state index in [1.807, 2.05) is 0 Å². The van der Waals surface area contributed by atoms with E-state index in [1.54, 1.807) is 56.5 Å². The van der Waals surface area contributed by atoms with Gasteiger partial charge in [-0.15, -0.1) is 0 Å². The molecule has 0 fully saturated rings. The standard InChI is InChI=1S/C18H20N2O4S/c1-3-25(22,23)20-10-9-13-11-14(7-8-17(13)20)18(21)19-15-5-4-6-16(12-15)24-2/h4-8,11-12H,3,9-10H2,1-2H3,(H,19,21). The first-order chi connectivity index (χ1) is 11.9. The Morgan fingerprint density at radius 3 is 2.76 bits per heavy atom. The van der Waals surface area contributed by atoms with Gasteiger partial charge >= 0.3 is 0 Å². The number of rotatable bonds is 5. The van der Waals surface area contributed by atoms with Crippen LogP contribution in [0.1, 0.15) is 22.8 Å². The number of anilines is 2. The van der Waals surface area contributed by atoms with Gasteiger partial charge in [-0.25, -0.2) is 8.42 Å². The van der Waals surface area contributed by atoms with Crippen molar-refractivity contribution in [2.45, 2.75) is 13.3 Å². The summed E-state index contributed by atoms with van der Waals surface area (Å²) in [6.45, 7) is 2.05. The zero-order chi connectivity index (χ0) is 18.0. The van der Waals surface area contributed by atoms with E-state index >= 15 is 0 Å². The Balaban J connectivity index is 1.82. The van der Waals surface area contributed by atoms with Gasteiger partial charge in [-0.05, 0) is 49.2 Å². The molecule has 0 saturated carbocycles. The van der Waals surface area contributed by atoms with E-state index in [4.69, 9.17) is 4.74 Å². The molecule has 1 amide bonds. The second kappa shape index (κ2) is 6.76. The summed E-state index contributed by atoms with van der Waals surface area (Å²) >= 11 is 0. The third-order valence-corrected chi connectivity index (χ3v) is 6.00. The number of ether oxygens (including phenoxy) is 1. The first-order valence-corrected chi connectivity index (χ1v) is 9.64. The molecule has 0 unspecified atom stereocenters. The van der Waals surface area contributed by atoms with Crippen LogP contribution in [0.15, 0.2) is 42.5 Å². The molecule has 132 valence electrons. The van der Waals surface area contributed by atoms with Crippen molar-refractivity contribution < 1.29 is 17.9 Å². The largest absolute Gasteiger partial charge is 0.497 e. The lowest BCUT2D eigenvalue weighted by Gasteiger charge is -2.18. The molecule has 2 aromatic rings. The molecule has 25 heavy (non-hydrogen) atoms. The summed E-state index contributed by atoms with van der Waals surface area (Å²) in [5, 5.41) is 2.83. The van der Waals surface area contributed by atoms with Crippen LogP contribution < -0.4 is 14.4 Å². The highest BCUT2D eigenvalue weighted by atomic mass is 32.2. The number of fused-ring (bicyclic) bond motifs is 1. The third kappa shape index (κ3) is 3.46. The molecule has 0 atom stereocenters. The quantitative estimate of drug-likeness (QED) is 0.889. The number of nitrogens with zero attached hydrogens (tertiary/aromatic N) is 1. The summed E-state index contributed by atoms with van der Waals surface area (Å²) in [6.07, 6.45) is 0.606. The van der Waals surface area contributed by atoms with Crippen molar-refractivity contribution in [1.29, 1.82) is 0 Å².